The van der Waals surface area contributed by atoms with Crippen molar-refractivity contribution in [2.24, 2.45) is 0 Å². The fourth-order valence-corrected chi connectivity index (χ4v) is 0.934. The molecular formula is C9H10N. The Balaban J connectivity index is 2.03. The molecular weight excluding hydrogens is 122 g/mol. The summed E-state index contributed by atoms with van der Waals surface area (Å²) in [4.78, 5) is 0. The summed E-state index contributed by atoms with van der Waals surface area (Å²) < 4.78 is 0. The molecule has 0 aromatic heterocycles. The van der Waals surface area contributed by atoms with Gasteiger partial charge in [-0.2, -0.15) is 0 Å². The molecule has 0 aliphatic heterocycles. The van der Waals surface area contributed by atoms with Gasteiger partial charge in [-0.1, -0.05) is 18.2 Å². The SMILES string of the molecule is [CH]1CC1Nc1ccccc1. The second-order valence-electron chi connectivity index (χ2n) is 2.59. The third-order valence-electron chi connectivity index (χ3n) is 1.60. The van der Waals surface area contributed by atoms with Crippen LogP contribution in [-0.4, -0.2) is 6.04 Å². The summed E-state index contributed by atoms with van der Waals surface area (Å²) in [5.74, 6) is 0. The van der Waals surface area contributed by atoms with Crippen LogP contribution in [0.5, 0.6) is 0 Å². The van der Waals surface area contributed by atoms with Gasteiger partial charge in [0.15, 0.2) is 0 Å². The molecule has 0 saturated heterocycles. The van der Waals surface area contributed by atoms with E-state index in [2.05, 4.69) is 23.9 Å². The fourth-order valence-electron chi connectivity index (χ4n) is 0.934. The highest BCUT2D eigenvalue weighted by Crippen LogP contribution is 2.22. The first-order valence-corrected chi connectivity index (χ1v) is 3.60. The second kappa shape index (κ2) is 2.33. The second-order valence-corrected chi connectivity index (χ2v) is 2.59. The van der Waals surface area contributed by atoms with Crippen molar-refractivity contribution >= 4 is 5.69 Å². The van der Waals surface area contributed by atoms with Crippen LogP contribution in [0.25, 0.3) is 0 Å². The molecule has 1 aliphatic rings. The first-order chi connectivity index (χ1) is 4.95. The van der Waals surface area contributed by atoms with E-state index in [9.17, 15) is 0 Å². The minimum absolute atomic E-state index is 0.641. The van der Waals surface area contributed by atoms with Crippen molar-refractivity contribution in [2.45, 2.75) is 12.5 Å². The Kier molecular flexibility index (Phi) is 1.35. The van der Waals surface area contributed by atoms with Crippen LogP contribution in [0.15, 0.2) is 30.3 Å². The number of hydrogen-bond donors (Lipinski definition) is 1. The average Bonchev–Trinajstić information content (AvgIpc) is 2.74. The van der Waals surface area contributed by atoms with Crippen molar-refractivity contribution in [2.75, 3.05) is 5.32 Å². The van der Waals surface area contributed by atoms with E-state index in [-0.39, 0.29) is 0 Å². The molecule has 0 spiro atoms. The molecule has 51 valence electrons. The minimum atomic E-state index is 0.641. The maximum Gasteiger partial charge on any atom is 0.0342 e. The van der Waals surface area contributed by atoms with E-state index < -0.39 is 0 Å². The molecule has 2 rings (SSSR count). The average molecular weight is 132 g/mol. The molecule has 1 nitrogen and oxygen atoms in total. The lowest BCUT2D eigenvalue weighted by atomic mass is 10.3. The summed E-state index contributed by atoms with van der Waals surface area (Å²) in [5, 5.41) is 3.36. The van der Waals surface area contributed by atoms with Crippen LogP contribution in [0.2, 0.25) is 0 Å². The molecule has 0 amide bonds. The molecule has 1 fully saturated rings. The molecule has 1 unspecified atom stereocenters. The highest BCUT2D eigenvalue weighted by molar-refractivity contribution is 5.45. The molecule has 1 aliphatic carbocycles. The van der Waals surface area contributed by atoms with Gasteiger partial charge in [-0.05, 0) is 25.0 Å². The first-order valence-electron chi connectivity index (χ1n) is 3.60. The molecule has 10 heavy (non-hydrogen) atoms. The van der Waals surface area contributed by atoms with Gasteiger partial charge < -0.3 is 5.32 Å². The van der Waals surface area contributed by atoms with Crippen LogP contribution in [0, 0.1) is 6.42 Å². The van der Waals surface area contributed by atoms with Crippen molar-refractivity contribution in [3.05, 3.63) is 36.8 Å². The van der Waals surface area contributed by atoms with Gasteiger partial charge in [-0.15, -0.1) is 0 Å². The zero-order chi connectivity index (χ0) is 6.81. The third-order valence-corrected chi connectivity index (χ3v) is 1.60. The van der Waals surface area contributed by atoms with Gasteiger partial charge in [0.25, 0.3) is 0 Å². The summed E-state index contributed by atoms with van der Waals surface area (Å²) in [7, 11) is 0. The Morgan fingerprint density at radius 3 is 2.50 bits per heavy atom. The zero-order valence-electron chi connectivity index (χ0n) is 5.75. The number of hydrogen-bond acceptors (Lipinski definition) is 1. The van der Waals surface area contributed by atoms with Crippen LogP contribution in [-0.2, 0) is 0 Å². The highest BCUT2D eigenvalue weighted by atomic mass is 14.9. The molecule has 1 atom stereocenters. The van der Waals surface area contributed by atoms with E-state index in [1.807, 2.05) is 18.2 Å². The smallest absolute Gasteiger partial charge is 0.0342 e. The number of nitrogens with one attached hydrogen (secondary N) is 1. The Morgan fingerprint density at radius 2 is 1.90 bits per heavy atom. The summed E-state index contributed by atoms with van der Waals surface area (Å²) in [5.41, 5.74) is 1.22. The Morgan fingerprint density at radius 1 is 1.20 bits per heavy atom. The molecule has 1 aromatic carbocycles. The molecule has 0 bridgehead atoms. The monoisotopic (exact) mass is 132 g/mol. The largest absolute Gasteiger partial charge is 0.382 e. The predicted octanol–water partition coefficient (Wildman–Crippen LogP) is 2.08. The molecule has 1 saturated carbocycles. The number of anilines is 1. The van der Waals surface area contributed by atoms with E-state index in [0.29, 0.717) is 6.04 Å². The summed E-state index contributed by atoms with van der Waals surface area (Å²) in [6.45, 7) is 0. The van der Waals surface area contributed by atoms with E-state index in [0.717, 1.165) is 0 Å². The van der Waals surface area contributed by atoms with Crippen LogP contribution < -0.4 is 5.32 Å². The van der Waals surface area contributed by atoms with Gasteiger partial charge >= 0.3 is 0 Å². The topological polar surface area (TPSA) is 12.0 Å². The number of para-hydroxylation sites is 1. The number of benzene rings is 1. The van der Waals surface area contributed by atoms with E-state index in [1.54, 1.807) is 0 Å². The zero-order valence-corrected chi connectivity index (χ0v) is 5.75. The minimum Gasteiger partial charge on any atom is -0.382 e. The van der Waals surface area contributed by atoms with Crippen LogP contribution in [0.1, 0.15) is 6.42 Å². The lowest BCUT2D eigenvalue weighted by molar-refractivity contribution is 1.18. The van der Waals surface area contributed by atoms with Crippen molar-refractivity contribution in [1.82, 2.24) is 0 Å². The summed E-state index contributed by atoms with van der Waals surface area (Å²) in [6, 6.07) is 10.9. The molecule has 0 heterocycles. The van der Waals surface area contributed by atoms with Gasteiger partial charge in [0, 0.05) is 11.7 Å². The van der Waals surface area contributed by atoms with E-state index in [1.165, 1.54) is 12.1 Å². The standard InChI is InChI=1S/C9H10N/c1-2-4-8(5-3-1)10-9-6-7-9/h1-6,9-10H,7H2. The Labute approximate surface area is 61.1 Å². The Hall–Kier alpha value is -0.980. The van der Waals surface area contributed by atoms with Crippen LogP contribution in [0.3, 0.4) is 0 Å². The molecule has 1 radical (unpaired) electrons. The van der Waals surface area contributed by atoms with Gasteiger partial charge in [0.05, 0.1) is 0 Å². The highest BCUT2D eigenvalue weighted by Gasteiger charge is 2.20. The van der Waals surface area contributed by atoms with E-state index >= 15 is 0 Å². The summed E-state index contributed by atoms with van der Waals surface area (Å²) in [6.07, 6.45) is 3.47. The molecule has 1 aromatic rings. The van der Waals surface area contributed by atoms with Gasteiger partial charge in [-0.25, -0.2) is 0 Å². The van der Waals surface area contributed by atoms with Crippen molar-refractivity contribution in [1.29, 1.82) is 0 Å². The number of rotatable bonds is 2. The predicted molar refractivity (Wildman–Crippen MR) is 42.8 cm³/mol. The molecule has 1 N–H and O–H groups in total. The van der Waals surface area contributed by atoms with Gasteiger partial charge in [0.2, 0.25) is 0 Å². The van der Waals surface area contributed by atoms with Crippen molar-refractivity contribution < 1.29 is 0 Å². The van der Waals surface area contributed by atoms with Gasteiger partial charge in [-0.3, -0.25) is 0 Å². The summed E-state index contributed by atoms with van der Waals surface area (Å²) >= 11 is 0. The van der Waals surface area contributed by atoms with Crippen LogP contribution in [0.4, 0.5) is 5.69 Å². The van der Waals surface area contributed by atoms with Crippen molar-refractivity contribution in [3.8, 4) is 0 Å². The fraction of sp³-hybridized carbons (Fsp3) is 0.222. The Bertz CT molecular complexity index is 201. The van der Waals surface area contributed by atoms with Crippen molar-refractivity contribution in [3.63, 3.8) is 0 Å². The van der Waals surface area contributed by atoms with Crippen LogP contribution >= 0.6 is 0 Å². The molecule has 1 heteroatoms. The maximum atomic E-state index is 3.36. The normalized spacial score (nSPS) is 16.8. The first kappa shape index (κ1) is 5.78. The maximum absolute atomic E-state index is 3.36. The lowest BCUT2D eigenvalue weighted by Crippen LogP contribution is -1.99. The third kappa shape index (κ3) is 1.29. The van der Waals surface area contributed by atoms with Gasteiger partial charge in [0.1, 0.15) is 0 Å². The lowest BCUT2D eigenvalue weighted by Gasteiger charge is -2.01. The van der Waals surface area contributed by atoms with E-state index in [4.69, 9.17) is 0 Å². The quantitative estimate of drug-likeness (QED) is 0.649.